The van der Waals surface area contributed by atoms with Gasteiger partial charge in [-0.05, 0) is 42.5 Å². The molecule has 8 heteroatoms. The molecule has 0 bridgehead atoms. The Hall–Kier alpha value is -2.06. The maximum Gasteiger partial charge on any atom is 0.238 e. The molecule has 1 aromatic carbocycles. The van der Waals surface area contributed by atoms with E-state index in [-0.39, 0.29) is 11.7 Å². The van der Waals surface area contributed by atoms with Crippen LogP contribution in [-0.4, -0.2) is 44.4 Å². The third-order valence-corrected chi connectivity index (χ3v) is 7.14. The van der Waals surface area contributed by atoms with E-state index in [1.807, 2.05) is 49.6 Å². The topological polar surface area (TPSA) is 72.9 Å². The number of amides is 1. The van der Waals surface area contributed by atoms with Gasteiger partial charge in [0, 0.05) is 18.0 Å². The van der Waals surface area contributed by atoms with Gasteiger partial charge in [0.05, 0.1) is 12.9 Å². The zero-order valence-corrected chi connectivity index (χ0v) is 19.6. The third-order valence-electron chi connectivity index (χ3n) is 4.69. The zero-order valence-electron chi connectivity index (χ0n) is 17.9. The number of carbonyl (C=O) groups excluding carboxylic acids is 1. The van der Waals surface area contributed by atoms with Crippen LogP contribution in [0.1, 0.15) is 43.6 Å². The Labute approximate surface area is 183 Å². The first-order valence-corrected chi connectivity index (χ1v) is 12.9. The van der Waals surface area contributed by atoms with Gasteiger partial charge in [-0.15, -0.1) is 11.3 Å². The second-order valence-electron chi connectivity index (χ2n) is 7.06. The minimum atomic E-state index is -3.38. The summed E-state index contributed by atoms with van der Waals surface area (Å²) < 4.78 is 35.7. The van der Waals surface area contributed by atoms with E-state index in [0.29, 0.717) is 37.6 Å². The first kappa shape index (κ1) is 24.2. The molecule has 166 valence electrons. The molecule has 0 atom stereocenters. The predicted octanol–water partition coefficient (Wildman–Crippen LogP) is 4.29. The molecule has 0 saturated carbocycles. The van der Waals surface area contributed by atoms with E-state index in [9.17, 15) is 13.2 Å². The van der Waals surface area contributed by atoms with Gasteiger partial charge >= 0.3 is 0 Å². The largest absolute Gasteiger partial charge is 0.493 e. The Morgan fingerprint density at radius 3 is 2.57 bits per heavy atom. The number of hydrogen-bond donors (Lipinski definition) is 0. The maximum atomic E-state index is 12.6. The Morgan fingerprint density at radius 1 is 1.13 bits per heavy atom. The third kappa shape index (κ3) is 7.65. The van der Waals surface area contributed by atoms with E-state index < -0.39 is 15.6 Å². The molecular weight excluding hydrogens is 422 g/mol. The van der Waals surface area contributed by atoms with E-state index in [0.717, 1.165) is 23.3 Å². The minimum Gasteiger partial charge on any atom is -0.493 e. The van der Waals surface area contributed by atoms with Crippen molar-refractivity contribution in [3.8, 4) is 11.5 Å². The lowest BCUT2D eigenvalue weighted by molar-refractivity contribution is -0.128. The summed E-state index contributed by atoms with van der Waals surface area (Å²) in [6.45, 7) is 5.08. The van der Waals surface area contributed by atoms with Crippen molar-refractivity contribution in [1.29, 1.82) is 0 Å². The number of carbonyl (C=O) groups is 1. The van der Waals surface area contributed by atoms with Crippen LogP contribution in [0.5, 0.6) is 11.5 Å². The van der Waals surface area contributed by atoms with Crippen molar-refractivity contribution in [2.75, 3.05) is 25.2 Å². The van der Waals surface area contributed by atoms with Crippen LogP contribution in [0.25, 0.3) is 0 Å². The summed E-state index contributed by atoms with van der Waals surface area (Å²) in [7, 11) is -1.81. The van der Waals surface area contributed by atoms with Crippen LogP contribution in [0.2, 0.25) is 0 Å². The fourth-order valence-corrected chi connectivity index (χ4v) is 4.96. The van der Waals surface area contributed by atoms with E-state index >= 15 is 0 Å². The SMILES string of the molecule is CCCCCS(=O)(=O)CC(=O)N(CC)Cc1ccc(OCc2cccs2)c(OC)c1. The van der Waals surface area contributed by atoms with Gasteiger partial charge in [0.1, 0.15) is 12.4 Å². The number of rotatable bonds is 13. The summed E-state index contributed by atoms with van der Waals surface area (Å²) in [4.78, 5) is 15.2. The molecule has 0 aliphatic carbocycles. The highest BCUT2D eigenvalue weighted by Gasteiger charge is 2.21. The predicted molar refractivity (Wildman–Crippen MR) is 121 cm³/mol. The number of thiophene rings is 1. The summed E-state index contributed by atoms with van der Waals surface area (Å²) in [6.07, 6.45) is 2.40. The fraction of sp³-hybridized carbons (Fsp3) is 0.500. The molecule has 0 fully saturated rings. The molecule has 1 aromatic heterocycles. The smallest absolute Gasteiger partial charge is 0.238 e. The first-order chi connectivity index (χ1) is 14.4. The van der Waals surface area contributed by atoms with Gasteiger partial charge in [0.25, 0.3) is 0 Å². The zero-order chi connectivity index (χ0) is 22.0. The van der Waals surface area contributed by atoms with E-state index in [2.05, 4.69) is 0 Å². The number of ether oxygens (including phenoxy) is 2. The summed E-state index contributed by atoms with van der Waals surface area (Å²) in [5.41, 5.74) is 0.855. The molecule has 0 aliphatic heterocycles. The van der Waals surface area contributed by atoms with Crippen molar-refractivity contribution < 1.29 is 22.7 Å². The summed E-state index contributed by atoms with van der Waals surface area (Å²) >= 11 is 1.62. The lowest BCUT2D eigenvalue weighted by Gasteiger charge is -2.22. The molecule has 2 rings (SSSR count). The summed E-state index contributed by atoms with van der Waals surface area (Å²) in [5.74, 6) is 0.464. The number of nitrogens with zero attached hydrogens (tertiary/aromatic N) is 1. The van der Waals surface area contributed by atoms with E-state index in [1.165, 1.54) is 0 Å². The molecule has 0 saturated heterocycles. The molecular formula is C22H31NO5S2. The number of unbranched alkanes of at least 4 members (excludes halogenated alkanes) is 2. The van der Waals surface area contributed by atoms with E-state index in [1.54, 1.807) is 23.3 Å². The van der Waals surface area contributed by atoms with Crippen molar-refractivity contribution in [3.63, 3.8) is 0 Å². The Balaban J connectivity index is 2.00. The Morgan fingerprint density at radius 2 is 1.93 bits per heavy atom. The molecule has 30 heavy (non-hydrogen) atoms. The normalized spacial score (nSPS) is 11.3. The molecule has 1 amide bonds. The average molecular weight is 454 g/mol. The highest BCUT2D eigenvalue weighted by molar-refractivity contribution is 7.92. The van der Waals surface area contributed by atoms with Crippen molar-refractivity contribution in [2.45, 2.75) is 46.3 Å². The highest BCUT2D eigenvalue weighted by Crippen LogP contribution is 2.29. The van der Waals surface area contributed by atoms with Gasteiger partial charge < -0.3 is 14.4 Å². The van der Waals surface area contributed by atoms with Crippen LogP contribution >= 0.6 is 11.3 Å². The molecule has 0 radical (unpaired) electrons. The van der Waals surface area contributed by atoms with Gasteiger partial charge in [-0.2, -0.15) is 0 Å². The fourth-order valence-electron chi connectivity index (χ4n) is 2.99. The van der Waals surface area contributed by atoms with Crippen LogP contribution < -0.4 is 9.47 Å². The van der Waals surface area contributed by atoms with Crippen LogP contribution in [-0.2, 0) is 27.8 Å². The van der Waals surface area contributed by atoms with Gasteiger partial charge in [0.15, 0.2) is 21.3 Å². The molecule has 2 aromatic rings. The van der Waals surface area contributed by atoms with Crippen LogP contribution in [0, 0.1) is 0 Å². The van der Waals surface area contributed by atoms with Crippen LogP contribution in [0.15, 0.2) is 35.7 Å². The quantitative estimate of drug-likeness (QED) is 0.423. The molecule has 0 spiro atoms. The monoisotopic (exact) mass is 453 g/mol. The van der Waals surface area contributed by atoms with Gasteiger partial charge in [-0.25, -0.2) is 8.42 Å². The molecule has 6 nitrogen and oxygen atoms in total. The standard InChI is InChI=1S/C22H31NO5S2/c1-4-6-7-13-30(25,26)17-22(24)23(5-2)15-18-10-11-20(21(14-18)27-3)28-16-19-9-8-12-29-19/h8-12,14H,4-7,13,15-17H2,1-3H3. The first-order valence-electron chi connectivity index (χ1n) is 10.2. The summed E-state index contributed by atoms with van der Waals surface area (Å²) in [6, 6.07) is 9.51. The maximum absolute atomic E-state index is 12.6. The Bertz CT molecular complexity index is 894. The number of sulfone groups is 1. The van der Waals surface area contributed by atoms with Crippen molar-refractivity contribution >= 4 is 27.1 Å². The van der Waals surface area contributed by atoms with Crippen LogP contribution in [0.3, 0.4) is 0 Å². The lowest BCUT2D eigenvalue weighted by atomic mass is 10.2. The molecule has 0 N–H and O–H groups in total. The van der Waals surface area contributed by atoms with Crippen molar-refractivity contribution in [3.05, 3.63) is 46.2 Å². The second-order valence-corrected chi connectivity index (χ2v) is 10.3. The Kier molecular flexibility index (Phi) is 9.65. The van der Waals surface area contributed by atoms with E-state index in [4.69, 9.17) is 9.47 Å². The molecule has 1 heterocycles. The number of hydrogen-bond acceptors (Lipinski definition) is 6. The number of methoxy groups -OCH3 is 1. The van der Waals surface area contributed by atoms with Crippen LogP contribution in [0.4, 0.5) is 0 Å². The summed E-state index contributed by atoms with van der Waals surface area (Å²) in [5, 5.41) is 2.00. The minimum absolute atomic E-state index is 0.0637. The van der Waals surface area contributed by atoms with Gasteiger partial charge in [0.2, 0.25) is 5.91 Å². The van der Waals surface area contributed by atoms with Gasteiger partial charge in [-0.3, -0.25) is 4.79 Å². The van der Waals surface area contributed by atoms with Gasteiger partial charge in [-0.1, -0.05) is 31.9 Å². The molecule has 0 aliphatic rings. The second kappa shape index (κ2) is 12.0. The lowest BCUT2D eigenvalue weighted by Crippen LogP contribution is -2.35. The van der Waals surface area contributed by atoms with Crippen molar-refractivity contribution in [1.82, 2.24) is 4.90 Å². The number of benzene rings is 1. The van der Waals surface area contributed by atoms with Crippen molar-refractivity contribution in [2.24, 2.45) is 0 Å². The molecule has 0 unspecified atom stereocenters. The average Bonchev–Trinajstić information content (AvgIpc) is 3.24. The highest BCUT2D eigenvalue weighted by atomic mass is 32.2.